The SMILES string of the molecule is CC(C)(C)NCc1ccc(OCC(=O)NCC#N)c(Br)c1. The van der Waals surface area contributed by atoms with Crippen molar-refractivity contribution >= 4 is 21.8 Å². The summed E-state index contributed by atoms with van der Waals surface area (Å²) in [5, 5.41) is 14.2. The van der Waals surface area contributed by atoms with Crippen LogP contribution in [0.3, 0.4) is 0 Å². The molecule has 0 aliphatic heterocycles. The minimum Gasteiger partial charge on any atom is -0.483 e. The lowest BCUT2D eigenvalue weighted by Crippen LogP contribution is -2.35. The van der Waals surface area contributed by atoms with Crippen LogP contribution in [0.25, 0.3) is 0 Å². The van der Waals surface area contributed by atoms with Crippen LogP contribution >= 0.6 is 15.9 Å². The van der Waals surface area contributed by atoms with Crippen LogP contribution in [0.2, 0.25) is 0 Å². The lowest BCUT2D eigenvalue weighted by Gasteiger charge is -2.20. The van der Waals surface area contributed by atoms with Crippen molar-refractivity contribution in [1.82, 2.24) is 10.6 Å². The topological polar surface area (TPSA) is 74.2 Å². The van der Waals surface area contributed by atoms with E-state index in [0.29, 0.717) is 5.75 Å². The Kier molecular flexibility index (Phi) is 6.66. The van der Waals surface area contributed by atoms with Gasteiger partial charge in [0.2, 0.25) is 0 Å². The van der Waals surface area contributed by atoms with E-state index >= 15 is 0 Å². The van der Waals surface area contributed by atoms with E-state index in [2.05, 4.69) is 47.3 Å². The van der Waals surface area contributed by atoms with Crippen LogP contribution in [-0.4, -0.2) is 24.6 Å². The van der Waals surface area contributed by atoms with Crippen molar-refractivity contribution in [2.75, 3.05) is 13.2 Å². The molecular weight excluding hydrogens is 334 g/mol. The van der Waals surface area contributed by atoms with Gasteiger partial charge >= 0.3 is 0 Å². The number of hydrogen-bond donors (Lipinski definition) is 2. The summed E-state index contributed by atoms with van der Waals surface area (Å²) in [6.45, 7) is 6.96. The van der Waals surface area contributed by atoms with Crippen LogP contribution in [0.4, 0.5) is 0 Å². The number of carbonyl (C=O) groups is 1. The molecule has 0 radical (unpaired) electrons. The Labute approximate surface area is 133 Å². The molecule has 1 amide bonds. The summed E-state index contributed by atoms with van der Waals surface area (Å²) in [5.41, 5.74) is 1.18. The molecule has 5 nitrogen and oxygen atoms in total. The first-order chi connectivity index (χ1) is 9.81. The molecule has 0 aliphatic carbocycles. The van der Waals surface area contributed by atoms with Crippen LogP contribution in [-0.2, 0) is 11.3 Å². The number of rotatable bonds is 6. The van der Waals surface area contributed by atoms with Crippen molar-refractivity contribution in [2.45, 2.75) is 32.9 Å². The van der Waals surface area contributed by atoms with Gasteiger partial charge in [0.05, 0.1) is 10.5 Å². The number of amides is 1. The largest absolute Gasteiger partial charge is 0.483 e. The number of benzene rings is 1. The van der Waals surface area contributed by atoms with Crippen LogP contribution in [0, 0.1) is 11.3 Å². The summed E-state index contributed by atoms with van der Waals surface area (Å²) in [6.07, 6.45) is 0. The number of nitrogens with one attached hydrogen (secondary N) is 2. The molecule has 1 aromatic rings. The summed E-state index contributed by atoms with van der Waals surface area (Å²) in [6, 6.07) is 7.57. The molecule has 1 rings (SSSR count). The van der Waals surface area contributed by atoms with Crippen molar-refractivity contribution in [3.05, 3.63) is 28.2 Å². The molecule has 0 fully saturated rings. The number of ether oxygens (including phenoxy) is 1. The molecule has 0 saturated carbocycles. The van der Waals surface area contributed by atoms with Gasteiger partial charge in [0.15, 0.2) is 6.61 Å². The molecule has 21 heavy (non-hydrogen) atoms. The molecule has 1 aromatic carbocycles. The van der Waals surface area contributed by atoms with Crippen LogP contribution in [0.15, 0.2) is 22.7 Å². The smallest absolute Gasteiger partial charge is 0.258 e. The first kappa shape index (κ1) is 17.5. The number of hydrogen-bond acceptors (Lipinski definition) is 4. The van der Waals surface area contributed by atoms with Crippen LogP contribution in [0.1, 0.15) is 26.3 Å². The zero-order valence-corrected chi connectivity index (χ0v) is 14.1. The summed E-state index contributed by atoms with van der Waals surface area (Å²) >= 11 is 3.43. The van der Waals surface area contributed by atoms with Gasteiger partial charge in [-0.1, -0.05) is 6.07 Å². The molecule has 114 valence electrons. The predicted molar refractivity (Wildman–Crippen MR) is 84.9 cm³/mol. The molecule has 0 aliphatic rings. The highest BCUT2D eigenvalue weighted by atomic mass is 79.9. The average molecular weight is 354 g/mol. The van der Waals surface area contributed by atoms with E-state index in [1.165, 1.54) is 0 Å². The molecule has 0 atom stereocenters. The molecule has 0 heterocycles. The first-order valence-corrected chi connectivity index (χ1v) is 7.41. The van der Waals surface area contributed by atoms with Gasteiger partial charge < -0.3 is 15.4 Å². The van der Waals surface area contributed by atoms with Gasteiger partial charge in [-0.2, -0.15) is 5.26 Å². The monoisotopic (exact) mass is 353 g/mol. The molecule has 0 unspecified atom stereocenters. The highest BCUT2D eigenvalue weighted by molar-refractivity contribution is 9.10. The molecule has 2 N–H and O–H groups in total. The van der Waals surface area contributed by atoms with E-state index < -0.39 is 0 Å². The number of carbonyl (C=O) groups excluding carboxylic acids is 1. The number of nitriles is 1. The van der Waals surface area contributed by atoms with Crippen molar-refractivity contribution in [3.8, 4) is 11.8 Å². The Morgan fingerprint density at radius 3 is 2.71 bits per heavy atom. The molecule has 0 aromatic heterocycles. The van der Waals surface area contributed by atoms with Crippen LogP contribution in [0.5, 0.6) is 5.75 Å². The van der Waals surface area contributed by atoms with Gasteiger partial charge in [-0.05, 0) is 54.4 Å². The number of halogens is 1. The zero-order valence-electron chi connectivity index (χ0n) is 12.5. The fraction of sp³-hybridized carbons (Fsp3) is 0.467. The summed E-state index contributed by atoms with van der Waals surface area (Å²) in [5.74, 6) is 0.281. The lowest BCUT2D eigenvalue weighted by atomic mass is 10.1. The normalized spacial score (nSPS) is 10.8. The van der Waals surface area contributed by atoms with E-state index in [1.807, 2.05) is 24.3 Å². The van der Waals surface area contributed by atoms with Crippen molar-refractivity contribution < 1.29 is 9.53 Å². The number of nitrogens with zero attached hydrogens (tertiary/aromatic N) is 1. The average Bonchev–Trinajstić information content (AvgIpc) is 2.41. The summed E-state index contributed by atoms with van der Waals surface area (Å²) in [7, 11) is 0. The third-order valence-electron chi connectivity index (χ3n) is 2.54. The van der Waals surface area contributed by atoms with Crippen molar-refractivity contribution in [3.63, 3.8) is 0 Å². The van der Waals surface area contributed by atoms with E-state index in [4.69, 9.17) is 10.00 Å². The van der Waals surface area contributed by atoms with Gasteiger partial charge in [-0.15, -0.1) is 0 Å². The van der Waals surface area contributed by atoms with E-state index in [0.717, 1.165) is 16.6 Å². The van der Waals surface area contributed by atoms with Gasteiger partial charge in [-0.3, -0.25) is 4.79 Å². The highest BCUT2D eigenvalue weighted by Crippen LogP contribution is 2.26. The molecule has 0 saturated heterocycles. The van der Waals surface area contributed by atoms with Gasteiger partial charge in [0.25, 0.3) is 5.91 Å². The Morgan fingerprint density at radius 2 is 2.14 bits per heavy atom. The second-order valence-electron chi connectivity index (χ2n) is 5.59. The quantitative estimate of drug-likeness (QED) is 0.769. The highest BCUT2D eigenvalue weighted by Gasteiger charge is 2.10. The minimum absolute atomic E-state index is 0.0131. The standard InChI is InChI=1S/C15H20BrN3O2/c1-15(2,3)19-9-11-4-5-13(12(16)8-11)21-10-14(20)18-7-6-17/h4-5,8,19H,7,9-10H2,1-3H3,(H,18,20). The fourth-order valence-corrected chi connectivity index (χ4v) is 2.01. The molecule has 0 bridgehead atoms. The van der Waals surface area contributed by atoms with E-state index in [1.54, 1.807) is 0 Å². The maximum Gasteiger partial charge on any atom is 0.258 e. The summed E-state index contributed by atoms with van der Waals surface area (Å²) < 4.78 is 6.20. The second kappa shape index (κ2) is 8.01. The fourth-order valence-electron chi connectivity index (χ4n) is 1.47. The molecule has 6 heteroatoms. The zero-order chi connectivity index (χ0) is 15.9. The third kappa shape index (κ3) is 7.11. The Hall–Kier alpha value is -1.58. The molecule has 0 spiro atoms. The predicted octanol–water partition coefficient (Wildman–Crippen LogP) is 2.36. The maximum atomic E-state index is 11.4. The summed E-state index contributed by atoms with van der Waals surface area (Å²) in [4.78, 5) is 11.4. The van der Waals surface area contributed by atoms with E-state index in [-0.39, 0.29) is 24.6 Å². The minimum atomic E-state index is -0.318. The second-order valence-corrected chi connectivity index (χ2v) is 6.45. The van der Waals surface area contributed by atoms with E-state index in [9.17, 15) is 4.79 Å². The van der Waals surface area contributed by atoms with Gasteiger partial charge in [0.1, 0.15) is 12.3 Å². The third-order valence-corrected chi connectivity index (χ3v) is 3.16. The van der Waals surface area contributed by atoms with Crippen molar-refractivity contribution in [2.24, 2.45) is 0 Å². The Balaban J connectivity index is 2.54. The maximum absolute atomic E-state index is 11.4. The van der Waals surface area contributed by atoms with Crippen molar-refractivity contribution in [1.29, 1.82) is 5.26 Å². The van der Waals surface area contributed by atoms with Crippen LogP contribution < -0.4 is 15.4 Å². The Morgan fingerprint density at radius 1 is 1.43 bits per heavy atom. The van der Waals surface area contributed by atoms with Gasteiger partial charge in [0, 0.05) is 12.1 Å². The Bertz CT molecular complexity index is 533. The van der Waals surface area contributed by atoms with Gasteiger partial charge in [-0.25, -0.2) is 0 Å². The first-order valence-electron chi connectivity index (χ1n) is 6.62. The molecular formula is C15H20BrN3O2. The lowest BCUT2D eigenvalue weighted by molar-refractivity contribution is -0.122.